The molecule has 1 atom stereocenters. The van der Waals surface area contributed by atoms with Crippen molar-refractivity contribution in [2.24, 2.45) is 5.92 Å². The number of hydrogen-bond acceptors (Lipinski definition) is 6. The predicted molar refractivity (Wildman–Crippen MR) is 90.6 cm³/mol. The highest BCUT2D eigenvalue weighted by Gasteiger charge is 2.22. The molecule has 0 bridgehead atoms. The maximum atomic E-state index is 12.1. The number of thiophene rings is 1. The first-order valence-electron chi connectivity index (χ1n) is 7.75. The molecule has 2 N–H and O–H groups in total. The van der Waals surface area contributed by atoms with E-state index in [1.807, 2.05) is 0 Å². The summed E-state index contributed by atoms with van der Waals surface area (Å²) in [6.45, 7) is 2.27. The quantitative estimate of drug-likeness (QED) is 0.858. The van der Waals surface area contributed by atoms with Gasteiger partial charge < -0.3 is 15.3 Å². The minimum absolute atomic E-state index is 0.171. The van der Waals surface area contributed by atoms with Crippen LogP contribution in [0.1, 0.15) is 32.9 Å². The van der Waals surface area contributed by atoms with Crippen molar-refractivity contribution < 1.29 is 14.7 Å². The van der Waals surface area contributed by atoms with Crippen molar-refractivity contribution in [2.45, 2.75) is 12.8 Å². The van der Waals surface area contributed by atoms with E-state index in [1.54, 1.807) is 23.8 Å². The number of carboxylic acids is 1. The number of piperidine rings is 1. The second-order valence-electron chi connectivity index (χ2n) is 5.72. The highest BCUT2D eigenvalue weighted by molar-refractivity contribution is 7.12. The number of aromatic carboxylic acids is 1. The van der Waals surface area contributed by atoms with Crippen LogP contribution in [-0.4, -0.2) is 46.6 Å². The summed E-state index contributed by atoms with van der Waals surface area (Å²) in [7, 11) is 0. The third-order valence-electron chi connectivity index (χ3n) is 3.98. The molecule has 0 saturated carbocycles. The van der Waals surface area contributed by atoms with Crippen LogP contribution in [-0.2, 0) is 0 Å². The standard InChI is InChI=1S/C16H18N4O3S/c21-14(12-7-13(15(22)23)24-10-12)19-8-11-3-1-6-20(9-11)16-17-4-2-5-18-16/h2,4-5,7,10-11H,1,3,6,8-9H2,(H,19,21)(H,22,23). The van der Waals surface area contributed by atoms with Gasteiger partial charge in [0.1, 0.15) is 4.88 Å². The maximum Gasteiger partial charge on any atom is 0.345 e. The number of nitrogens with zero attached hydrogens (tertiary/aromatic N) is 3. The highest BCUT2D eigenvalue weighted by Crippen LogP contribution is 2.20. The Kier molecular flexibility index (Phi) is 5.05. The van der Waals surface area contributed by atoms with E-state index in [4.69, 9.17) is 5.11 Å². The van der Waals surface area contributed by atoms with Gasteiger partial charge in [0.15, 0.2) is 0 Å². The predicted octanol–water partition coefficient (Wildman–Crippen LogP) is 1.88. The van der Waals surface area contributed by atoms with Crippen LogP contribution in [0, 0.1) is 5.92 Å². The molecule has 3 rings (SSSR count). The Morgan fingerprint density at radius 2 is 2.17 bits per heavy atom. The van der Waals surface area contributed by atoms with Gasteiger partial charge in [0.2, 0.25) is 5.95 Å². The number of carboxylic acid groups (broad SMARTS) is 1. The maximum absolute atomic E-state index is 12.1. The summed E-state index contributed by atoms with van der Waals surface area (Å²) in [6.07, 6.45) is 5.52. The van der Waals surface area contributed by atoms with Crippen molar-refractivity contribution in [2.75, 3.05) is 24.5 Å². The summed E-state index contributed by atoms with van der Waals surface area (Å²) in [5.74, 6) is -0.196. The van der Waals surface area contributed by atoms with Crippen LogP contribution in [0.4, 0.5) is 5.95 Å². The summed E-state index contributed by atoms with van der Waals surface area (Å²) in [4.78, 5) is 33.9. The number of hydrogen-bond donors (Lipinski definition) is 2. The second-order valence-corrected chi connectivity index (χ2v) is 6.63. The van der Waals surface area contributed by atoms with Crippen molar-refractivity contribution in [3.63, 3.8) is 0 Å². The zero-order chi connectivity index (χ0) is 16.9. The van der Waals surface area contributed by atoms with E-state index < -0.39 is 5.97 Å². The molecule has 0 aromatic carbocycles. The number of anilines is 1. The Morgan fingerprint density at radius 1 is 1.38 bits per heavy atom. The molecule has 1 aliphatic rings. The third kappa shape index (κ3) is 3.88. The van der Waals surface area contributed by atoms with E-state index in [9.17, 15) is 9.59 Å². The molecular formula is C16H18N4O3S. The first-order chi connectivity index (χ1) is 11.6. The highest BCUT2D eigenvalue weighted by atomic mass is 32.1. The van der Waals surface area contributed by atoms with Crippen molar-refractivity contribution in [3.05, 3.63) is 40.3 Å². The fourth-order valence-corrected chi connectivity index (χ4v) is 3.50. The molecule has 0 spiro atoms. The fourth-order valence-electron chi connectivity index (χ4n) is 2.77. The van der Waals surface area contributed by atoms with Gasteiger partial charge in [-0.2, -0.15) is 0 Å². The van der Waals surface area contributed by atoms with Gasteiger partial charge in [-0.1, -0.05) is 0 Å². The molecule has 0 radical (unpaired) electrons. The second kappa shape index (κ2) is 7.39. The van der Waals surface area contributed by atoms with E-state index in [0.717, 1.165) is 43.2 Å². The molecule has 1 saturated heterocycles. The van der Waals surface area contributed by atoms with Gasteiger partial charge in [-0.3, -0.25) is 4.79 Å². The number of carbonyl (C=O) groups is 2. The summed E-state index contributed by atoms with van der Waals surface area (Å²) in [5, 5.41) is 13.4. The third-order valence-corrected chi connectivity index (χ3v) is 4.90. The van der Waals surface area contributed by atoms with E-state index in [-0.39, 0.29) is 10.8 Å². The topological polar surface area (TPSA) is 95.4 Å². The summed E-state index contributed by atoms with van der Waals surface area (Å²) < 4.78 is 0. The monoisotopic (exact) mass is 346 g/mol. The Labute approximate surface area is 143 Å². The average molecular weight is 346 g/mol. The van der Waals surface area contributed by atoms with Crippen molar-refractivity contribution >= 4 is 29.2 Å². The van der Waals surface area contributed by atoms with E-state index in [1.165, 1.54) is 6.07 Å². The normalized spacial score (nSPS) is 17.5. The Bertz CT molecular complexity index is 719. The van der Waals surface area contributed by atoms with Crippen LogP contribution in [0.3, 0.4) is 0 Å². The van der Waals surface area contributed by atoms with Gasteiger partial charge in [-0.25, -0.2) is 14.8 Å². The molecule has 0 aliphatic carbocycles. The van der Waals surface area contributed by atoms with Gasteiger partial charge in [0.05, 0.1) is 5.56 Å². The zero-order valence-electron chi connectivity index (χ0n) is 13.0. The number of carbonyl (C=O) groups excluding carboxylic acids is 1. The first-order valence-corrected chi connectivity index (χ1v) is 8.63. The van der Waals surface area contributed by atoms with Gasteiger partial charge >= 0.3 is 5.97 Å². The lowest BCUT2D eigenvalue weighted by molar-refractivity contribution is 0.0702. The van der Waals surface area contributed by atoms with Crippen LogP contribution in [0.25, 0.3) is 0 Å². The Balaban J connectivity index is 1.54. The number of aromatic nitrogens is 2. The Morgan fingerprint density at radius 3 is 2.88 bits per heavy atom. The molecule has 126 valence electrons. The SMILES string of the molecule is O=C(NCC1CCCN(c2ncccn2)C1)c1csc(C(=O)O)c1. The number of nitrogens with one attached hydrogen (secondary N) is 1. The molecule has 7 nitrogen and oxygen atoms in total. The van der Waals surface area contributed by atoms with Crippen LogP contribution in [0.15, 0.2) is 29.9 Å². The minimum Gasteiger partial charge on any atom is -0.477 e. The zero-order valence-corrected chi connectivity index (χ0v) is 13.8. The average Bonchev–Trinajstić information content (AvgIpc) is 3.11. The van der Waals surface area contributed by atoms with E-state index >= 15 is 0 Å². The smallest absolute Gasteiger partial charge is 0.345 e. The van der Waals surface area contributed by atoms with Crippen LogP contribution in [0.5, 0.6) is 0 Å². The van der Waals surface area contributed by atoms with E-state index in [2.05, 4.69) is 20.2 Å². The first kappa shape index (κ1) is 16.4. The molecule has 1 aliphatic heterocycles. The van der Waals surface area contributed by atoms with Gasteiger partial charge in [0.25, 0.3) is 5.91 Å². The molecule has 1 amide bonds. The molecule has 24 heavy (non-hydrogen) atoms. The van der Waals surface area contributed by atoms with Crippen molar-refractivity contribution in [3.8, 4) is 0 Å². The van der Waals surface area contributed by atoms with E-state index in [0.29, 0.717) is 18.0 Å². The lowest BCUT2D eigenvalue weighted by Gasteiger charge is -2.32. The van der Waals surface area contributed by atoms with Gasteiger partial charge in [0, 0.05) is 37.4 Å². The van der Waals surface area contributed by atoms with Crippen LogP contribution < -0.4 is 10.2 Å². The van der Waals surface area contributed by atoms with Crippen LogP contribution in [0.2, 0.25) is 0 Å². The molecule has 2 aromatic heterocycles. The molecular weight excluding hydrogens is 328 g/mol. The molecule has 8 heteroatoms. The van der Waals surface area contributed by atoms with Gasteiger partial charge in [-0.05, 0) is 30.9 Å². The Hall–Kier alpha value is -2.48. The number of amides is 1. The lowest BCUT2D eigenvalue weighted by Crippen LogP contribution is -2.41. The summed E-state index contributed by atoms with van der Waals surface area (Å²) in [5.41, 5.74) is 0.399. The van der Waals surface area contributed by atoms with Crippen molar-refractivity contribution in [1.82, 2.24) is 15.3 Å². The van der Waals surface area contributed by atoms with Crippen LogP contribution >= 0.6 is 11.3 Å². The molecule has 1 unspecified atom stereocenters. The summed E-state index contributed by atoms with van der Waals surface area (Å²) in [6, 6.07) is 3.20. The van der Waals surface area contributed by atoms with Crippen molar-refractivity contribution in [1.29, 1.82) is 0 Å². The fraction of sp³-hybridized carbons (Fsp3) is 0.375. The minimum atomic E-state index is -1.01. The number of rotatable bonds is 5. The summed E-state index contributed by atoms with van der Waals surface area (Å²) >= 11 is 1.06. The lowest BCUT2D eigenvalue weighted by atomic mass is 9.98. The molecule has 3 heterocycles. The van der Waals surface area contributed by atoms with Gasteiger partial charge in [-0.15, -0.1) is 11.3 Å². The largest absolute Gasteiger partial charge is 0.477 e. The molecule has 1 fully saturated rings. The molecule has 2 aromatic rings.